The molecule has 1 fully saturated rings. The number of ether oxygens (including phenoxy) is 1. The number of hydrogen-bond donors (Lipinski definition) is 2. The maximum Gasteiger partial charge on any atom is 0.407 e. The summed E-state index contributed by atoms with van der Waals surface area (Å²) in [6, 6.07) is 0. The highest BCUT2D eigenvalue weighted by atomic mass is 16.6. The van der Waals surface area contributed by atoms with E-state index >= 15 is 0 Å². The van der Waals surface area contributed by atoms with Crippen molar-refractivity contribution in [3.05, 3.63) is 0 Å². The molecule has 0 atom stereocenters. The molecule has 0 aromatic carbocycles. The van der Waals surface area contributed by atoms with Crippen molar-refractivity contribution in [3.8, 4) is 0 Å². The Bertz CT molecular complexity index is 294. The molecule has 0 saturated carbocycles. The van der Waals surface area contributed by atoms with Gasteiger partial charge in [-0.15, -0.1) is 0 Å². The Balaban J connectivity index is 2.48. The van der Waals surface area contributed by atoms with E-state index in [2.05, 4.69) is 17.3 Å². The van der Waals surface area contributed by atoms with Gasteiger partial charge in [-0.05, 0) is 53.8 Å². The second-order valence-corrected chi connectivity index (χ2v) is 6.47. The Morgan fingerprint density at radius 3 is 2.42 bits per heavy atom. The van der Waals surface area contributed by atoms with Gasteiger partial charge in [0.15, 0.2) is 0 Å². The van der Waals surface area contributed by atoms with E-state index in [0.29, 0.717) is 13.2 Å². The van der Waals surface area contributed by atoms with Gasteiger partial charge in [-0.3, -0.25) is 0 Å². The largest absolute Gasteiger partial charge is 0.444 e. The van der Waals surface area contributed by atoms with Crippen molar-refractivity contribution in [2.45, 2.75) is 39.2 Å². The van der Waals surface area contributed by atoms with Gasteiger partial charge >= 0.3 is 6.09 Å². The summed E-state index contributed by atoms with van der Waals surface area (Å²) in [5.41, 5.74) is -0.563. The van der Waals surface area contributed by atoms with Crippen LogP contribution in [0.4, 0.5) is 4.79 Å². The average molecular weight is 273 g/mol. The number of alkyl carbamates (subject to hydrolysis) is 1. The molecule has 0 bridgehead atoms. The molecule has 1 aliphatic rings. The number of nitrogens with zero attached hydrogens (tertiary/aromatic N) is 1. The molecule has 19 heavy (non-hydrogen) atoms. The summed E-state index contributed by atoms with van der Waals surface area (Å²) in [5.74, 6) is 5.23. The van der Waals surface area contributed by atoms with Crippen LogP contribution in [0.1, 0.15) is 33.6 Å². The number of carbonyl (C=O) groups excluding carboxylic acids is 1. The van der Waals surface area contributed by atoms with Crippen LogP contribution < -0.4 is 11.2 Å². The minimum Gasteiger partial charge on any atom is -0.444 e. The fraction of sp³-hybridized carbons (Fsp3) is 0.923. The Morgan fingerprint density at radius 1 is 1.37 bits per heavy atom. The van der Waals surface area contributed by atoms with Crippen LogP contribution in [0.2, 0.25) is 0 Å². The molecular formula is C13H27N3O3. The molecule has 0 aromatic rings. The third-order valence-electron chi connectivity index (χ3n) is 3.44. The predicted octanol–water partition coefficient (Wildman–Crippen LogP) is 1.11. The van der Waals surface area contributed by atoms with Crippen molar-refractivity contribution in [1.82, 2.24) is 10.2 Å². The molecule has 0 aliphatic carbocycles. The zero-order valence-corrected chi connectivity index (χ0v) is 12.5. The predicted molar refractivity (Wildman–Crippen MR) is 73.5 cm³/mol. The van der Waals surface area contributed by atoms with Crippen LogP contribution in [0.3, 0.4) is 0 Å². The van der Waals surface area contributed by atoms with Gasteiger partial charge in [-0.2, -0.15) is 0 Å². The topological polar surface area (TPSA) is 76.8 Å². The van der Waals surface area contributed by atoms with E-state index in [9.17, 15) is 4.79 Å². The summed E-state index contributed by atoms with van der Waals surface area (Å²) in [6.07, 6.45) is 1.52. The first-order chi connectivity index (χ1) is 8.76. The van der Waals surface area contributed by atoms with E-state index in [1.54, 1.807) is 0 Å². The minimum absolute atomic E-state index is 0.0852. The zero-order chi connectivity index (χ0) is 14.5. The standard InChI is InChI=1S/C13H27N3O3/c1-12(2,3)19-11(17)15-9-13(10-18-14)5-7-16(4)8-6-13/h5-10,14H2,1-4H3,(H,15,17). The SMILES string of the molecule is CN1CCC(CNC(=O)OC(C)(C)C)(CON)CC1. The van der Waals surface area contributed by atoms with Crippen molar-refractivity contribution in [2.75, 3.05) is 33.3 Å². The van der Waals surface area contributed by atoms with Crippen LogP contribution in [0.25, 0.3) is 0 Å². The van der Waals surface area contributed by atoms with Crippen molar-refractivity contribution >= 4 is 6.09 Å². The number of rotatable bonds is 4. The number of piperidine rings is 1. The molecule has 3 N–H and O–H groups in total. The zero-order valence-electron chi connectivity index (χ0n) is 12.5. The van der Waals surface area contributed by atoms with E-state index in [-0.39, 0.29) is 11.5 Å². The second kappa shape index (κ2) is 6.54. The summed E-state index contributed by atoms with van der Waals surface area (Å²) in [6.45, 7) is 8.51. The molecule has 1 amide bonds. The van der Waals surface area contributed by atoms with Crippen molar-refractivity contribution in [3.63, 3.8) is 0 Å². The first kappa shape index (κ1) is 16.2. The molecule has 6 nitrogen and oxygen atoms in total. The Kier molecular flexibility index (Phi) is 5.58. The summed E-state index contributed by atoms with van der Waals surface area (Å²) < 4.78 is 5.24. The molecule has 0 spiro atoms. The smallest absolute Gasteiger partial charge is 0.407 e. The average Bonchev–Trinajstić information content (AvgIpc) is 2.29. The van der Waals surface area contributed by atoms with Crippen LogP contribution >= 0.6 is 0 Å². The number of carbonyl (C=O) groups is 1. The van der Waals surface area contributed by atoms with Crippen molar-refractivity contribution < 1.29 is 14.4 Å². The van der Waals surface area contributed by atoms with Crippen LogP contribution in [0, 0.1) is 5.41 Å². The van der Waals surface area contributed by atoms with E-state index in [4.69, 9.17) is 15.5 Å². The van der Waals surface area contributed by atoms with Crippen molar-refractivity contribution in [2.24, 2.45) is 11.3 Å². The highest BCUT2D eigenvalue weighted by Crippen LogP contribution is 2.30. The first-order valence-electron chi connectivity index (χ1n) is 6.73. The van der Waals surface area contributed by atoms with Crippen molar-refractivity contribution in [1.29, 1.82) is 0 Å². The Labute approximate surface area is 115 Å². The highest BCUT2D eigenvalue weighted by Gasteiger charge is 2.34. The fourth-order valence-electron chi connectivity index (χ4n) is 2.22. The second-order valence-electron chi connectivity index (χ2n) is 6.47. The molecular weight excluding hydrogens is 246 g/mol. The summed E-state index contributed by atoms with van der Waals surface area (Å²) in [7, 11) is 2.09. The Morgan fingerprint density at radius 2 is 1.95 bits per heavy atom. The normalized spacial score (nSPS) is 20.1. The monoisotopic (exact) mass is 273 g/mol. The van der Waals surface area contributed by atoms with Gasteiger partial charge in [0.05, 0.1) is 6.61 Å². The molecule has 0 unspecified atom stereocenters. The van der Waals surface area contributed by atoms with Crippen LogP contribution in [0.15, 0.2) is 0 Å². The molecule has 112 valence electrons. The number of amides is 1. The third-order valence-corrected chi connectivity index (χ3v) is 3.44. The highest BCUT2D eigenvalue weighted by molar-refractivity contribution is 5.67. The maximum absolute atomic E-state index is 11.7. The molecule has 0 radical (unpaired) electrons. The molecule has 1 rings (SSSR count). The Hall–Kier alpha value is -0.850. The lowest BCUT2D eigenvalue weighted by molar-refractivity contribution is 0.000460. The molecule has 6 heteroatoms. The van der Waals surface area contributed by atoms with Gasteiger partial charge < -0.3 is 19.8 Å². The summed E-state index contributed by atoms with van der Waals surface area (Å²) in [4.78, 5) is 18.8. The van der Waals surface area contributed by atoms with Crippen LogP contribution in [-0.2, 0) is 9.57 Å². The third kappa shape index (κ3) is 5.76. The lowest BCUT2D eigenvalue weighted by Gasteiger charge is -2.40. The van der Waals surface area contributed by atoms with Gasteiger partial charge in [0.2, 0.25) is 0 Å². The molecule has 0 aromatic heterocycles. The fourth-order valence-corrected chi connectivity index (χ4v) is 2.22. The van der Waals surface area contributed by atoms with E-state index < -0.39 is 5.60 Å². The number of nitrogens with two attached hydrogens (primary N) is 1. The van der Waals surface area contributed by atoms with E-state index in [1.165, 1.54) is 0 Å². The first-order valence-corrected chi connectivity index (χ1v) is 6.73. The van der Waals surface area contributed by atoms with Gasteiger partial charge in [0, 0.05) is 12.0 Å². The number of hydrogen-bond acceptors (Lipinski definition) is 5. The van der Waals surface area contributed by atoms with Gasteiger partial charge in [0.25, 0.3) is 0 Å². The van der Waals surface area contributed by atoms with Crippen LogP contribution in [-0.4, -0.2) is 49.9 Å². The summed E-state index contributed by atoms with van der Waals surface area (Å²) in [5, 5.41) is 2.83. The molecule has 1 heterocycles. The van der Waals surface area contributed by atoms with Crippen LogP contribution in [0.5, 0.6) is 0 Å². The minimum atomic E-state index is -0.478. The number of likely N-dealkylation sites (tertiary alicyclic amines) is 1. The molecule has 1 aliphatic heterocycles. The number of nitrogens with one attached hydrogen (secondary N) is 1. The quantitative estimate of drug-likeness (QED) is 0.750. The molecule has 1 saturated heterocycles. The maximum atomic E-state index is 11.7. The van der Waals surface area contributed by atoms with E-state index in [1.807, 2.05) is 20.8 Å². The van der Waals surface area contributed by atoms with Gasteiger partial charge in [-0.1, -0.05) is 0 Å². The van der Waals surface area contributed by atoms with E-state index in [0.717, 1.165) is 25.9 Å². The van der Waals surface area contributed by atoms with Gasteiger partial charge in [0.1, 0.15) is 5.60 Å². The van der Waals surface area contributed by atoms with Gasteiger partial charge in [-0.25, -0.2) is 10.7 Å². The lowest BCUT2D eigenvalue weighted by atomic mass is 9.79. The summed E-state index contributed by atoms with van der Waals surface area (Å²) >= 11 is 0. The lowest BCUT2D eigenvalue weighted by Crippen LogP contribution is -2.48.